The Bertz CT molecular complexity index is 1600. The molecule has 2 N–H and O–H groups in total. The van der Waals surface area contributed by atoms with E-state index in [4.69, 9.17) is 0 Å². The van der Waals surface area contributed by atoms with E-state index in [1.165, 1.54) is 12.1 Å². The van der Waals surface area contributed by atoms with E-state index < -0.39 is 27.7 Å². The number of anilines is 1. The molecule has 1 aromatic heterocycles. The molecule has 0 saturated heterocycles. The van der Waals surface area contributed by atoms with Gasteiger partial charge in [0, 0.05) is 17.3 Å². The third-order valence-corrected chi connectivity index (χ3v) is 9.34. The maximum Gasteiger partial charge on any atom is 0.416 e. The standard InChI is InChI=1S/C28H23F3N2O3S2/c1-17-4-11-24(18-5-8-21(9-6-18)28(29,30)31)25(13-17)27(34)32-22-10-7-19-14-23(16-20(19)15-22)33-38(35,36)26-3-2-12-37-26/h2-13,15,23,33H,14,16H2,1H3,(H,32,34). The summed E-state index contributed by atoms with van der Waals surface area (Å²) >= 11 is 1.16. The average Bonchev–Trinajstić information content (AvgIpc) is 3.53. The molecule has 10 heteroatoms. The Morgan fingerprint density at radius 1 is 0.947 bits per heavy atom. The molecule has 38 heavy (non-hydrogen) atoms. The number of nitrogens with one attached hydrogen (secondary N) is 2. The van der Waals surface area contributed by atoms with E-state index in [0.717, 1.165) is 40.2 Å². The van der Waals surface area contributed by atoms with Crippen molar-refractivity contribution in [2.45, 2.75) is 36.2 Å². The van der Waals surface area contributed by atoms with Crippen LogP contribution in [0.25, 0.3) is 11.1 Å². The number of hydrogen-bond acceptors (Lipinski definition) is 4. The minimum Gasteiger partial charge on any atom is -0.322 e. The normalized spacial score (nSPS) is 15.3. The van der Waals surface area contributed by atoms with Crippen LogP contribution in [-0.2, 0) is 29.0 Å². The van der Waals surface area contributed by atoms with E-state index in [1.807, 2.05) is 19.1 Å². The van der Waals surface area contributed by atoms with E-state index in [-0.39, 0.29) is 10.3 Å². The van der Waals surface area contributed by atoms with Crippen molar-refractivity contribution in [2.75, 3.05) is 5.32 Å². The third kappa shape index (κ3) is 5.52. The van der Waals surface area contributed by atoms with Crippen molar-refractivity contribution in [1.82, 2.24) is 4.72 Å². The number of benzene rings is 3. The summed E-state index contributed by atoms with van der Waals surface area (Å²) in [6.07, 6.45) is -3.41. The molecule has 0 radical (unpaired) electrons. The van der Waals surface area contributed by atoms with Crippen molar-refractivity contribution >= 4 is 33.0 Å². The van der Waals surface area contributed by atoms with Gasteiger partial charge in [-0.3, -0.25) is 4.79 Å². The van der Waals surface area contributed by atoms with Gasteiger partial charge >= 0.3 is 6.18 Å². The topological polar surface area (TPSA) is 75.3 Å². The molecule has 1 atom stereocenters. The predicted molar refractivity (Wildman–Crippen MR) is 142 cm³/mol. The molecule has 0 fully saturated rings. The third-order valence-electron chi connectivity index (χ3n) is 6.42. The molecular formula is C28H23F3N2O3S2. The summed E-state index contributed by atoms with van der Waals surface area (Å²) in [4.78, 5) is 13.3. The van der Waals surface area contributed by atoms with Crippen LogP contribution in [-0.4, -0.2) is 20.4 Å². The first-order chi connectivity index (χ1) is 18.0. The number of halogens is 3. The fraction of sp³-hybridized carbons (Fsp3) is 0.179. The van der Waals surface area contributed by atoms with Gasteiger partial charge in [-0.15, -0.1) is 11.3 Å². The summed E-state index contributed by atoms with van der Waals surface area (Å²) < 4.78 is 67.2. The predicted octanol–water partition coefficient (Wildman–Crippen LogP) is 6.44. The summed E-state index contributed by atoms with van der Waals surface area (Å²) in [6, 6.07) is 18.4. The Kier molecular flexibility index (Phi) is 6.89. The molecule has 196 valence electrons. The minimum atomic E-state index is -4.44. The molecule has 5 rings (SSSR count). The van der Waals surface area contributed by atoms with Crippen molar-refractivity contribution in [1.29, 1.82) is 0 Å². The summed E-state index contributed by atoms with van der Waals surface area (Å²) in [5, 5.41) is 4.60. The molecule has 0 aliphatic heterocycles. The number of hydrogen-bond donors (Lipinski definition) is 2. The first-order valence-electron chi connectivity index (χ1n) is 11.8. The maximum atomic E-state index is 13.3. The van der Waals surface area contributed by atoms with E-state index in [0.29, 0.717) is 35.2 Å². The van der Waals surface area contributed by atoms with Gasteiger partial charge in [0.15, 0.2) is 0 Å². The SMILES string of the molecule is Cc1ccc(-c2ccc(C(F)(F)F)cc2)c(C(=O)Nc2ccc3c(c2)CC(NS(=O)(=O)c2cccs2)C3)c1. The van der Waals surface area contributed by atoms with Gasteiger partial charge in [0.2, 0.25) is 10.0 Å². The lowest BCUT2D eigenvalue weighted by Gasteiger charge is -2.13. The second-order valence-electron chi connectivity index (χ2n) is 9.22. The second kappa shape index (κ2) is 10.0. The Balaban J connectivity index is 1.34. The number of fused-ring (bicyclic) bond motifs is 1. The summed E-state index contributed by atoms with van der Waals surface area (Å²) in [6.45, 7) is 1.83. The van der Waals surface area contributed by atoms with Crippen LogP contribution in [0, 0.1) is 6.92 Å². The smallest absolute Gasteiger partial charge is 0.322 e. The lowest BCUT2D eigenvalue weighted by Crippen LogP contribution is -2.34. The fourth-order valence-corrected chi connectivity index (χ4v) is 6.85. The van der Waals surface area contributed by atoms with Gasteiger partial charge in [-0.2, -0.15) is 13.2 Å². The van der Waals surface area contributed by atoms with Crippen molar-refractivity contribution in [3.05, 3.63) is 106 Å². The van der Waals surface area contributed by atoms with Gasteiger partial charge in [0.25, 0.3) is 5.91 Å². The number of alkyl halides is 3. The quantitative estimate of drug-likeness (QED) is 0.287. The zero-order valence-corrected chi connectivity index (χ0v) is 21.8. The van der Waals surface area contributed by atoms with E-state index >= 15 is 0 Å². The highest BCUT2D eigenvalue weighted by Gasteiger charge is 2.30. The molecule has 1 aliphatic rings. The molecular weight excluding hydrogens is 533 g/mol. The lowest BCUT2D eigenvalue weighted by atomic mass is 9.96. The van der Waals surface area contributed by atoms with E-state index in [2.05, 4.69) is 10.0 Å². The molecule has 1 amide bonds. The number of sulfonamides is 1. The zero-order chi connectivity index (χ0) is 27.1. The summed E-state index contributed by atoms with van der Waals surface area (Å²) in [5.41, 5.74) is 3.93. The molecule has 5 nitrogen and oxygen atoms in total. The molecule has 0 saturated carbocycles. The number of carbonyl (C=O) groups is 1. The van der Waals surface area contributed by atoms with Crippen LogP contribution < -0.4 is 10.0 Å². The van der Waals surface area contributed by atoms with E-state index in [9.17, 15) is 26.4 Å². The van der Waals surface area contributed by atoms with Gasteiger partial charge in [0.1, 0.15) is 4.21 Å². The summed E-state index contributed by atoms with van der Waals surface area (Å²) in [5.74, 6) is -0.392. The van der Waals surface area contributed by atoms with Crippen LogP contribution in [0.2, 0.25) is 0 Å². The highest BCUT2D eigenvalue weighted by molar-refractivity contribution is 7.91. The van der Waals surface area contributed by atoms with Crippen LogP contribution >= 0.6 is 11.3 Å². The summed E-state index contributed by atoms with van der Waals surface area (Å²) in [7, 11) is -3.59. The van der Waals surface area contributed by atoms with Crippen LogP contribution in [0.15, 0.2) is 82.4 Å². The zero-order valence-electron chi connectivity index (χ0n) is 20.2. The Labute approximate surface area is 222 Å². The van der Waals surface area contributed by atoms with Gasteiger partial charge in [-0.1, -0.05) is 42.0 Å². The molecule has 3 aromatic carbocycles. The number of carbonyl (C=O) groups excluding carboxylic acids is 1. The molecule has 1 unspecified atom stereocenters. The highest BCUT2D eigenvalue weighted by atomic mass is 32.2. The molecule has 1 aliphatic carbocycles. The fourth-order valence-electron chi connectivity index (χ4n) is 4.61. The monoisotopic (exact) mass is 556 g/mol. The molecule has 4 aromatic rings. The maximum absolute atomic E-state index is 13.3. The van der Waals surface area contributed by atoms with Crippen LogP contribution in [0.1, 0.15) is 32.6 Å². The first kappa shape index (κ1) is 26.1. The molecule has 0 bridgehead atoms. The number of aryl methyl sites for hydroxylation is 1. The van der Waals surface area contributed by atoms with Gasteiger partial charge in [-0.25, -0.2) is 13.1 Å². The van der Waals surface area contributed by atoms with Crippen molar-refractivity contribution in [2.24, 2.45) is 0 Å². The van der Waals surface area contributed by atoms with Gasteiger partial charge in [0.05, 0.1) is 5.56 Å². The molecule has 1 heterocycles. The Morgan fingerprint density at radius 2 is 1.68 bits per heavy atom. The van der Waals surface area contributed by atoms with Crippen molar-refractivity contribution in [3.8, 4) is 11.1 Å². The number of thiophene rings is 1. The Hall–Kier alpha value is -3.47. The number of amides is 1. The van der Waals surface area contributed by atoms with Crippen molar-refractivity contribution < 1.29 is 26.4 Å². The van der Waals surface area contributed by atoms with E-state index in [1.54, 1.807) is 41.8 Å². The van der Waals surface area contributed by atoms with Crippen molar-refractivity contribution in [3.63, 3.8) is 0 Å². The average molecular weight is 557 g/mol. The van der Waals surface area contributed by atoms with Crippen LogP contribution in [0.4, 0.5) is 18.9 Å². The van der Waals surface area contributed by atoms with Gasteiger partial charge < -0.3 is 5.32 Å². The minimum absolute atomic E-state index is 0.267. The van der Waals surface area contributed by atoms with Crippen LogP contribution in [0.5, 0.6) is 0 Å². The first-order valence-corrected chi connectivity index (χ1v) is 14.1. The highest BCUT2D eigenvalue weighted by Crippen LogP contribution is 2.33. The largest absolute Gasteiger partial charge is 0.416 e. The number of rotatable bonds is 6. The lowest BCUT2D eigenvalue weighted by molar-refractivity contribution is -0.137. The second-order valence-corrected chi connectivity index (χ2v) is 12.1. The van der Waals surface area contributed by atoms with Crippen LogP contribution in [0.3, 0.4) is 0 Å². The molecule has 0 spiro atoms. The van der Waals surface area contributed by atoms with Gasteiger partial charge in [-0.05, 0) is 83.8 Å². The Morgan fingerprint density at radius 3 is 2.37 bits per heavy atom.